The van der Waals surface area contributed by atoms with Crippen LogP contribution in [0.4, 0.5) is 0 Å². The Morgan fingerprint density at radius 2 is 2.00 bits per heavy atom. The lowest BCUT2D eigenvalue weighted by Gasteiger charge is -2.11. The van der Waals surface area contributed by atoms with E-state index in [0.717, 1.165) is 20.8 Å². The van der Waals surface area contributed by atoms with E-state index in [0.29, 0.717) is 5.02 Å². The molecule has 0 bridgehead atoms. The summed E-state index contributed by atoms with van der Waals surface area (Å²) in [5, 5.41) is 0.683. The Bertz CT molecular complexity index is 527. The number of benzene rings is 1. The predicted octanol–water partition coefficient (Wildman–Crippen LogP) is 5.06. The van der Waals surface area contributed by atoms with Gasteiger partial charge >= 0.3 is 0 Å². The number of rotatable bonds is 3. The van der Waals surface area contributed by atoms with Crippen molar-refractivity contribution in [3.05, 3.63) is 54.6 Å². The standard InChI is InChI=1S/C12H10BrCl2NS/c13-9-3-1-7(5-10(9)14)11(16)6-8-2-4-12(15)17-8/h1-5,11H,6,16H2. The Balaban J connectivity index is 2.14. The van der Waals surface area contributed by atoms with Crippen LogP contribution in [0.15, 0.2) is 34.8 Å². The van der Waals surface area contributed by atoms with Crippen molar-refractivity contribution in [2.75, 3.05) is 0 Å². The predicted molar refractivity (Wildman–Crippen MR) is 79.1 cm³/mol. The Kier molecular flexibility index (Phi) is 4.50. The van der Waals surface area contributed by atoms with Crippen molar-refractivity contribution in [2.24, 2.45) is 5.73 Å². The van der Waals surface area contributed by atoms with Gasteiger partial charge in [0.05, 0.1) is 9.36 Å². The van der Waals surface area contributed by atoms with Gasteiger partial charge in [0.15, 0.2) is 0 Å². The Morgan fingerprint density at radius 3 is 2.59 bits per heavy atom. The van der Waals surface area contributed by atoms with Crippen LogP contribution in [0, 0.1) is 0 Å². The second kappa shape index (κ2) is 5.72. The van der Waals surface area contributed by atoms with Crippen LogP contribution >= 0.6 is 50.5 Å². The fraction of sp³-hybridized carbons (Fsp3) is 0.167. The molecule has 0 saturated heterocycles. The van der Waals surface area contributed by atoms with E-state index < -0.39 is 0 Å². The minimum Gasteiger partial charge on any atom is -0.324 e. The van der Waals surface area contributed by atoms with Gasteiger partial charge in [0, 0.05) is 21.8 Å². The fourth-order valence-electron chi connectivity index (χ4n) is 1.54. The van der Waals surface area contributed by atoms with Crippen molar-refractivity contribution in [2.45, 2.75) is 12.5 Å². The van der Waals surface area contributed by atoms with Crippen LogP contribution in [0.5, 0.6) is 0 Å². The van der Waals surface area contributed by atoms with Crippen molar-refractivity contribution in [3.8, 4) is 0 Å². The molecular formula is C12H10BrCl2NS. The third kappa shape index (κ3) is 3.46. The second-order valence-corrected chi connectivity index (χ2v) is 6.75. The van der Waals surface area contributed by atoms with Crippen molar-refractivity contribution < 1.29 is 0 Å². The zero-order valence-electron chi connectivity index (χ0n) is 8.79. The average molecular weight is 351 g/mol. The van der Waals surface area contributed by atoms with Gasteiger partial charge in [-0.1, -0.05) is 29.3 Å². The highest BCUT2D eigenvalue weighted by Crippen LogP contribution is 2.29. The van der Waals surface area contributed by atoms with Crippen LogP contribution in [0.1, 0.15) is 16.5 Å². The molecule has 2 N–H and O–H groups in total. The quantitative estimate of drug-likeness (QED) is 0.822. The smallest absolute Gasteiger partial charge is 0.0931 e. The Hall–Kier alpha value is -0.0600. The maximum Gasteiger partial charge on any atom is 0.0931 e. The van der Waals surface area contributed by atoms with Gasteiger partial charge in [-0.2, -0.15) is 0 Å². The monoisotopic (exact) mass is 349 g/mol. The highest BCUT2D eigenvalue weighted by atomic mass is 79.9. The lowest BCUT2D eigenvalue weighted by atomic mass is 10.0. The summed E-state index contributed by atoms with van der Waals surface area (Å²) in [6.45, 7) is 0. The number of hydrogen-bond donors (Lipinski definition) is 1. The minimum absolute atomic E-state index is 0.0599. The van der Waals surface area contributed by atoms with E-state index in [1.54, 1.807) is 11.3 Å². The average Bonchev–Trinajstić information content (AvgIpc) is 2.68. The number of thiophene rings is 1. The molecule has 5 heteroatoms. The van der Waals surface area contributed by atoms with E-state index in [1.165, 1.54) is 4.88 Å². The minimum atomic E-state index is -0.0599. The van der Waals surface area contributed by atoms with Gasteiger partial charge in [-0.05, 0) is 45.8 Å². The van der Waals surface area contributed by atoms with Crippen molar-refractivity contribution in [1.82, 2.24) is 0 Å². The van der Waals surface area contributed by atoms with Gasteiger partial charge in [-0.3, -0.25) is 0 Å². The molecule has 0 spiro atoms. The normalized spacial score (nSPS) is 12.7. The largest absolute Gasteiger partial charge is 0.324 e. The molecule has 0 radical (unpaired) electrons. The highest BCUT2D eigenvalue weighted by Gasteiger charge is 2.10. The van der Waals surface area contributed by atoms with Crippen molar-refractivity contribution in [1.29, 1.82) is 0 Å². The Morgan fingerprint density at radius 1 is 1.24 bits per heavy atom. The van der Waals surface area contributed by atoms with E-state index in [4.69, 9.17) is 28.9 Å². The molecule has 0 saturated carbocycles. The van der Waals surface area contributed by atoms with E-state index in [-0.39, 0.29) is 6.04 Å². The molecule has 1 heterocycles. The molecule has 0 aliphatic rings. The van der Waals surface area contributed by atoms with Gasteiger partial charge in [-0.15, -0.1) is 11.3 Å². The molecule has 1 aromatic carbocycles. The first-order chi connectivity index (χ1) is 8.06. The van der Waals surface area contributed by atoms with Crippen LogP contribution in [-0.2, 0) is 6.42 Å². The zero-order chi connectivity index (χ0) is 12.4. The lowest BCUT2D eigenvalue weighted by molar-refractivity contribution is 0.730. The van der Waals surface area contributed by atoms with E-state index in [2.05, 4.69) is 15.9 Å². The van der Waals surface area contributed by atoms with Crippen molar-refractivity contribution in [3.63, 3.8) is 0 Å². The second-order valence-electron chi connectivity index (χ2n) is 3.69. The number of halogens is 3. The van der Waals surface area contributed by atoms with E-state index in [1.807, 2.05) is 30.3 Å². The summed E-state index contributed by atoms with van der Waals surface area (Å²) in [5.41, 5.74) is 7.18. The van der Waals surface area contributed by atoms with Gasteiger partial charge in [0.1, 0.15) is 0 Å². The summed E-state index contributed by atoms with van der Waals surface area (Å²) < 4.78 is 1.68. The topological polar surface area (TPSA) is 26.0 Å². The van der Waals surface area contributed by atoms with Crippen LogP contribution in [0.25, 0.3) is 0 Å². The SMILES string of the molecule is NC(Cc1ccc(Cl)s1)c1ccc(Br)c(Cl)c1. The summed E-state index contributed by atoms with van der Waals surface area (Å²) in [6.07, 6.45) is 0.773. The van der Waals surface area contributed by atoms with E-state index >= 15 is 0 Å². The fourth-order valence-corrected chi connectivity index (χ4v) is 3.12. The summed E-state index contributed by atoms with van der Waals surface area (Å²) in [6, 6.07) is 9.63. The number of nitrogens with two attached hydrogens (primary N) is 1. The first kappa shape index (κ1) is 13.4. The zero-order valence-corrected chi connectivity index (χ0v) is 12.7. The molecule has 0 aliphatic carbocycles. The van der Waals surface area contributed by atoms with Gasteiger partial charge in [0.25, 0.3) is 0 Å². The molecule has 1 nitrogen and oxygen atoms in total. The third-order valence-corrected chi connectivity index (χ3v) is 4.91. The van der Waals surface area contributed by atoms with Gasteiger partial charge in [-0.25, -0.2) is 0 Å². The van der Waals surface area contributed by atoms with E-state index in [9.17, 15) is 0 Å². The molecular weight excluding hydrogens is 341 g/mol. The number of hydrogen-bond acceptors (Lipinski definition) is 2. The van der Waals surface area contributed by atoms with Crippen LogP contribution in [-0.4, -0.2) is 0 Å². The van der Waals surface area contributed by atoms with Crippen LogP contribution < -0.4 is 5.73 Å². The molecule has 17 heavy (non-hydrogen) atoms. The lowest BCUT2D eigenvalue weighted by Crippen LogP contribution is -2.12. The van der Waals surface area contributed by atoms with Gasteiger partial charge in [0.2, 0.25) is 0 Å². The third-order valence-electron chi connectivity index (χ3n) is 2.42. The molecule has 0 amide bonds. The first-order valence-electron chi connectivity index (χ1n) is 5.01. The summed E-state index contributed by atoms with van der Waals surface area (Å²) in [7, 11) is 0. The summed E-state index contributed by atoms with van der Waals surface area (Å²) in [4.78, 5) is 1.18. The van der Waals surface area contributed by atoms with Crippen LogP contribution in [0.2, 0.25) is 9.36 Å². The first-order valence-corrected chi connectivity index (χ1v) is 7.37. The molecule has 0 fully saturated rings. The van der Waals surface area contributed by atoms with Crippen molar-refractivity contribution >= 4 is 50.5 Å². The maximum atomic E-state index is 6.14. The molecule has 0 aliphatic heterocycles. The summed E-state index contributed by atoms with van der Waals surface area (Å²) >= 11 is 16.9. The highest BCUT2D eigenvalue weighted by molar-refractivity contribution is 9.10. The summed E-state index contributed by atoms with van der Waals surface area (Å²) in [5.74, 6) is 0. The maximum absolute atomic E-state index is 6.14. The molecule has 90 valence electrons. The molecule has 2 rings (SSSR count). The molecule has 1 aromatic heterocycles. The molecule has 2 aromatic rings. The molecule has 1 atom stereocenters. The Labute approximate surface area is 123 Å². The molecule has 1 unspecified atom stereocenters. The van der Waals surface area contributed by atoms with Gasteiger partial charge < -0.3 is 5.73 Å². The van der Waals surface area contributed by atoms with Crippen LogP contribution in [0.3, 0.4) is 0 Å².